The number of alkyl halides is 9. The zero-order chi connectivity index (χ0) is 19.3. The molecule has 0 heterocycles. The van der Waals surface area contributed by atoms with E-state index in [2.05, 4.69) is 0 Å². The third kappa shape index (κ3) is 7.97. The summed E-state index contributed by atoms with van der Waals surface area (Å²) >= 11 is -0.805. The molecule has 0 unspecified atom stereocenters. The Hall–Kier alpha value is -1.46. The molecule has 0 amide bonds. The van der Waals surface area contributed by atoms with E-state index in [-0.39, 0.29) is 0 Å². The second-order valence-corrected chi connectivity index (χ2v) is 7.38. The highest BCUT2D eigenvalue weighted by Gasteiger charge is 2.32. The topological polar surface area (TPSA) is 0 Å². The van der Waals surface area contributed by atoms with Crippen molar-refractivity contribution in [3.8, 4) is 0 Å². The molecule has 0 bridgehead atoms. The van der Waals surface area contributed by atoms with E-state index in [4.69, 9.17) is 0 Å². The molecular weight excluding hydrogens is 478 g/mol. The van der Waals surface area contributed by atoms with E-state index < -0.39 is 51.4 Å². The molecule has 0 atom stereocenters. The average Bonchev–Trinajstić information content (AvgIpc) is 2.46. The first-order valence-corrected chi connectivity index (χ1v) is 8.47. The smallest absolute Gasteiger partial charge is 0.174 e. The molecule has 0 saturated carbocycles. The standard InChI is InChI=1S/C14H8F6I.CHF3/c15-13(16,17)9-1-5-11(6-2-9)21-12-7-3-10(4-8-12)14(18,19)20;2-1(3)4/h1-8H;1H/q+1;. The maximum absolute atomic E-state index is 12.4. The second-order valence-electron chi connectivity index (χ2n) is 4.35. The normalized spacial score (nSPS) is 11.9. The van der Waals surface area contributed by atoms with Crippen molar-refractivity contribution in [3.63, 3.8) is 0 Å². The Balaban J connectivity index is 0.000000705. The van der Waals surface area contributed by atoms with E-state index in [0.29, 0.717) is 7.14 Å². The van der Waals surface area contributed by atoms with Crippen LogP contribution in [-0.4, -0.2) is 6.68 Å². The van der Waals surface area contributed by atoms with Crippen molar-refractivity contribution >= 4 is 0 Å². The van der Waals surface area contributed by atoms with Crippen LogP contribution in [0.25, 0.3) is 0 Å². The Morgan fingerprint density at radius 3 is 1.00 bits per heavy atom. The Morgan fingerprint density at radius 2 is 0.800 bits per heavy atom. The van der Waals surface area contributed by atoms with Crippen LogP contribution in [0.2, 0.25) is 0 Å². The summed E-state index contributed by atoms with van der Waals surface area (Å²) in [7, 11) is 0. The van der Waals surface area contributed by atoms with Gasteiger partial charge in [0, 0.05) is 0 Å². The predicted octanol–water partition coefficient (Wildman–Crippen LogP) is 3.03. The monoisotopic (exact) mass is 487 g/mol. The molecule has 10 heteroatoms. The molecule has 0 N–H and O–H groups in total. The summed E-state index contributed by atoms with van der Waals surface area (Å²) in [6.07, 6.45) is -8.77. The molecule has 0 aromatic heterocycles. The third-order valence-electron chi connectivity index (χ3n) is 2.56. The van der Waals surface area contributed by atoms with Gasteiger partial charge in [0.1, 0.15) is 0 Å². The zero-order valence-corrected chi connectivity index (χ0v) is 14.1. The second kappa shape index (κ2) is 8.77. The van der Waals surface area contributed by atoms with Crippen LogP contribution in [-0.2, 0) is 12.4 Å². The van der Waals surface area contributed by atoms with E-state index in [1.165, 1.54) is 24.3 Å². The lowest BCUT2D eigenvalue weighted by molar-refractivity contribution is -0.597. The minimum Gasteiger partial charge on any atom is -0.174 e. The number of benzene rings is 2. The number of hydrogen-bond acceptors (Lipinski definition) is 0. The maximum atomic E-state index is 12.4. The summed E-state index contributed by atoms with van der Waals surface area (Å²) in [5.41, 5.74) is -1.47. The SMILES string of the molecule is FC(F)(F)c1ccc([I+]c2ccc(C(F)(F)F)cc2)cc1.FC(F)F. The van der Waals surface area contributed by atoms with Crippen molar-refractivity contribution in [3.05, 3.63) is 66.8 Å². The van der Waals surface area contributed by atoms with Gasteiger partial charge in [0.2, 0.25) is 0 Å². The van der Waals surface area contributed by atoms with Gasteiger partial charge < -0.3 is 0 Å². The highest BCUT2D eigenvalue weighted by atomic mass is 127. The van der Waals surface area contributed by atoms with E-state index >= 15 is 0 Å². The Morgan fingerprint density at radius 1 is 0.560 bits per heavy atom. The minimum atomic E-state index is -4.38. The Labute approximate surface area is 146 Å². The molecule has 0 nitrogen and oxygen atoms in total. The van der Waals surface area contributed by atoms with Gasteiger partial charge in [-0.15, -0.1) is 0 Å². The van der Waals surface area contributed by atoms with Gasteiger partial charge in [-0.3, -0.25) is 0 Å². The fourth-order valence-corrected chi connectivity index (χ4v) is 3.69. The quantitative estimate of drug-likeness (QED) is 0.452. The van der Waals surface area contributed by atoms with E-state index in [9.17, 15) is 39.5 Å². The first kappa shape index (κ1) is 21.6. The molecular formula is C15H9F9I+. The van der Waals surface area contributed by atoms with E-state index in [1.54, 1.807) is 0 Å². The molecule has 0 spiro atoms. The van der Waals surface area contributed by atoms with Crippen molar-refractivity contribution in [1.29, 1.82) is 0 Å². The lowest BCUT2D eigenvalue weighted by Crippen LogP contribution is -3.61. The first-order valence-electron chi connectivity index (χ1n) is 6.31. The van der Waals surface area contributed by atoms with Gasteiger partial charge >= 0.3 is 40.2 Å². The van der Waals surface area contributed by atoms with Gasteiger partial charge in [-0.2, -0.15) is 39.5 Å². The van der Waals surface area contributed by atoms with Gasteiger partial charge in [-0.05, 0) is 48.5 Å². The maximum Gasteiger partial charge on any atom is 0.416 e. The lowest BCUT2D eigenvalue weighted by atomic mass is 10.2. The van der Waals surface area contributed by atoms with Crippen LogP contribution in [0.4, 0.5) is 39.5 Å². The van der Waals surface area contributed by atoms with Crippen LogP contribution >= 0.6 is 0 Å². The van der Waals surface area contributed by atoms with Crippen LogP contribution in [0.5, 0.6) is 0 Å². The fourth-order valence-electron chi connectivity index (χ4n) is 1.53. The molecule has 0 aliphatic rings. The van der Waals surface area contributed by atoms with Crippen LogP contribution in [0.15, 0.2) is 48.5 Å². The van der Waals surface area contributed by atoms with Gasteiger partial charge in [0.05, 0.1) is 11.1 Å². The molecule has 2 aromatic rings. The minimum absolute atomic E-state index is 0.710. The van der Waals surface area contributed by atoms with Crippen molar-refractivity contribution in [2.45, 2.75) is 19.0 Å². The van der Waals surface area contributed by atoms with Gasteiger partial charge in [-0.1, -0.05) is 0 Å². The lowest BCUT2D eigenvalue weighted by Gasteiger charge is -2.05. The molecule has 0 radical (unpaired) electrons. The summed E-state index contributed by atoms with van der Waals surface area (Å²) in [5.74, 6) is 0. The largest absolute Gasteiger partial charge is 0.416 e. The van der Waals surface area contributed by atoms with Gasteiger partial charge in [0.15, 0.2) is 7.14 Å². The Kier molecular flexibility index (Phi) is 7.57. The third-order valence-corrected chi connectivity index (χ3v) is 5.25. The van der Waals surface area contributed by atoms with Crippen LogP contribution in [0, 0.1) is 7.14 Å². The predicted molar refractivity (Wildman–Crippen MR) is 67.4 cm³/mol. The summed E-state index contributed by atoms with van der Waals surface area (Å²) < 4.78 is 105. The van der Waals surface area contributed by atoms with Gasteiger partial charge in [-0.25, -0.2) is 0 Å². The highest BCUT2D eigenvalue weighted by Crippen LogP contribution is 2.29. The molecule has 0 aliphatic carbocycles. The molecule has 138 valence electrons. The number of halogens is 10. The highest BCUT2D eigenvalue weighted by molar-refractivity contribution is 5.19. The summed E-state index contributed by atoms with van der Waals surface area (Å²) in [6.45, 7) is -3.67. The van der Waals surface area contributed by atoms with Crippen LogP contribution in [0.1, 0.15) is 11.1 Å². The van der Waals surface area contributed by atoms with Crippen molar-refractivity contribution in [2.24, 2.45) is 0 Å². The van der Waals surface area contributed by atoms with E-state index in [0.717, 1.165) is 24.3 Å². The molecule has 0 saturated heterocycles. The van der Waals surface area contributed by atoms with Crippen molar-refractivity contribution in [2.75, 3.05) is 0 Å². The summed E-state index contributed by atoms with van der Waals surface area (Å²) in [6, 6.07) is 9.42. The zero-order valence-electron chi connectivity index (χ0n) is 12.0. The fraction of sp³-hybridized carbons (Fsp3) is 0.200. The number of hydrogen-bond donors (Lipinski definition) is 0. The Bertz CT molecular complexity index is 584. The van der Waals surface area contributed by atoms with Crippen LogP contribution in [0.3, 0.4) is 0 Å². The van der Waals surface area contributed by atoms with E-state index in [1.807, 2.05) is 0 Å². The summed E-state index contributed by atoms with van der Waals surface area (Å²) in [5, 5.41) is 0. The number of rotatable bonds is 2. The molecule has 2 aromatic carbocycles. The molecule has 0 aliphatic heterocycles. The van der Waals surface area contributed by atoms with Crippen molar-refractivity contribution < 1.29 is 60.7 Å². The molecule has 25 heavy (non-hydrogen) atoms. The van der Waals surface area contributed by atoms with Crippen molar-refractivity contribution in [1.82, 2.24) is 0 Å². The van der Waals surface area contributed by atoms with Crippen LogP contribution < -0.4 is 21.2 Å². The molecule has 0 fully saturated rings. The molecule has 2 rings (SSSR count). The summed E-state index contributed by atoms with van der Waals surface area (Å²) in [4.78, 5) is 0. The van der Waals surface area contributed by atoms with Gasteiger partial charge in [0.25, 0.3) is 0 Å². The average molecular weight is 487 g/mol. The first-order chi connectivity index (χ1) is 11.4.